The Morgan fingerprint density at radius 1 is 1.35 bits per heavy atom. The van der Waals surface area contributed by atoms with Gasteiger partial charge in [0.25, 0.3) is 0 Å². The monoisotopic (exact) mass is 279 g/mol. The van der Waals surface area contributed by atoms with Crippen LogP contribution in [-0.2, 0) is 0 Å². The van der Waals surface area contributed by atoms with Crippen LogP contribution in [0.1, 0.15) is 18.4 Å². The van der Waals surface area contributed by atoms with E-state index in [9.17, 15) is 5.11 Å². The molecule has 1 aliphatic rings. The predicted molar refractivity (Wildman–Crippen MR) is 76.1 cm³/mol. The maximum Gasteiger partial charge on any atom is 0.170 e. The lowest BCUT2D eigenvalue weighted by Gasteiger charge is -2.13. The molecule has 0 bridgehead atoms. The molecule has 1 aliphatic carbocycles. The van der Waals surface area contributed by atoms with Crippen LogP contribution in [0.25, 0.3) is 0 Å². The van der Waals surface area contributed by atoms with Crippen molar-refractivity contribution in [1.29, 1.82) is 0 Å². The molecule has 2 rings (SSSR count). The molecule has 1 saturated carbocycles. The summed E-state index contributed by atoms with van der Waals surface area (Å²) in [6, 6.07) is 7.04. The van der Waals surface area contributed by atoms with Crippen LogP contribution in [-0.4, -0.2) is 42.5 Å². The van der Waals surface area contributed by atoms with Crippen molar-refractivity contribution in [2.24, 2.45) is 16.3 Å². The summed E-state index contributed by atoms with van der Waals surface area (Å²) < 4.78 is 5.57. The van der Waals surface area contributed by atoms with E-state index in [0.29, 0.717) is 12.2 Å². The molecule has 1 aromatic rings. The molecule has 0 aliphatic heterocycles. The number of aliphatic hydroxyl groups excluding tert-OH is 1. The molecular formula is C14H21N3O3. The normalized spacial score (nSPS) is 16.9. The second-order valence-electron chi connectivity index (χ2n) is 5.19. The molecule has 6 heteroatoms. The van der Waals surface area contributed by atoms with E-state index in [2.05, 4.69) is 10.5 Å². The number of oxime groups is 1. The van der Waals surface area contributed by atoms with E-state index in [-0.39, 0.29) is 17.9 Å². The third-order valence-corrected chi connectivity index (χ3v) is 3.60. The Morgan fingerprint density at radius 2 is 2.05 bits per heavy atom. The number of nitrogens with zero attached hydrogens (tertiary/aromatic N) is 1. The van der Waals surface area contributed by atoms with Crippen molar-refractivity contribution in [2.45, 2.75) is 12.8 Å². The third-order valence-electron chi connectivity index (χ3n) is 3.60. The highest BCUT2D eigenvalue weighted by Crippen LogP contribution is 2.44. The van der Waals surface area contributed by atoms with E-state index < -0.39 is 0 Å². The second-order valence-corrected chi connectivity index (χ2v) is 5.19. The maximum absolute atomic E-state index is 9.17. The van der Waals surface area contributed by atoms with E-state index in [4.69, 9.17) is 15.7 Å². The molecule has 0 atom stereocenters. The van der Waals surface area contributed by atoms with Crippen LogP contribution in [0.15, 0.2) is 29.4 Å². The standard InChI is InChI=1S/C14H21N3O3/c15-13(17-19)11-1-3-12(4-2-11)20-8-7-16-9-14(10-18)5-6-14/h1-4,16,18-19H,5-10H2,(H2,15,17). The summed E-state index contributed by atoms with van der Waals surface area (Å²) in [5, 5.41) is 24.0. The summed E-state index contributed by atoms with van der Waals surface area (Å²) in [6.45, 7) is 2.40. The molecule has 0 unspecified atom stereocenters. The van der Waals surface area contributed by atoms with Crippen LogP contribution >= 0.6 is 0 Å². The average Bonchev–Trinajstić information content (AvgIpc) is 3.27. The van der Waals surface area contributed by atoms with Crippen molar-refractivity contribution >= 4 is 5.84 Å². The van der Waals surface area contributed by atoms with Gasteiger partial charge in [-0.2, -0.15) is 0 Å². The quantitative estimate of drug-likeness (QED) is 0.183. The van der Waals surface area contributed by atoms with Crippen molar-refractivity contribution in [3.63, 3.8) is 0 Å². The van der Waals surface area contributed by atoms with Crippen molar-refractivity contribution < 1.29 is 15.1 Å². The molecule has 0 heterocycles. The molecule has 0 amide bonds. The van der Waals surface area contributed by atoms with E-state index in [1.54, 1.807) is 24.3 Å². The Hall–Kier alpha value is -1.79. The molecular weight excluding hydrogens is 258 g/mol. The van der Waals surface area contributed by atoms with Gasteiger partial charge >= 0.3 is 0 Å². The van der Waals surface area contributed by atoms with Gasteiger partial charge in [-0.15, -0.1) is 0 Å². The van der Waals surface area contributed by atoms with E-state index in [1.807, 2.05) is 0 Å². The molecule has 0 saturated heterocycles. The van der Waals surface area contributed by atoms with Gasteiger partial charge < -0.3 is 26.1 Å². The lowest BCUT2D eigenvalue weighted by molar-refractivity contribution is 0.204. The number of aliphatic hydroxyl groups is 1. The molecule has 110 valence electrons. The molecule has 20 heavy (non-hydrogen) atoms. The number of amidine groups is 1. The summed E-state index contributed by atoms with van der Waals surface area (Å²) in [7, 11) is 0. The second kappa shape index (κ2) is 6.58. The predicted octanol–water partition coefficient (Wildman–Crippen LogP) is 0.522. The van der Waals surface area contributed by atoms with Gasteiger partial charge in [-0.25, -0.2) is 0 Å². The minimum atomic E-state index is 0.0805. The molecule has 0 radical (unpaired) electrons. The van der Waals surface area contributed by atoms with Crippen molar-refractivity contribution in [3.8, 4) is 5.75 Å². The van der Waals surface area contributed by atoms with Crippen LogP contribution in [0, 0.1) is 5.41 Å². The van der Waals surface area contributed by atoms with E-state index in [0.717, 1.165) is 31.7 Å². The van der Waals surface area contributed by atoms with E-state index in [1.165, 1.54) is 0 Å². The minimum absolute atomic E-state index is 0.0805. The van der Waals surface area contributed by atoms with Gasteiger partial charge in [0, 0.05) is 30.7 Å². The van der Waals surface area contributed by atoms with Gasteiger partial charge in [0.1, 0.15) is 12.4 Å². The average molecular weight is 279 g/mol. The number of nitrogens with two attached hydrogens (primary N) is 1. The number of hydrogen-bond acceptors (Lipinski definition) is 5. The van der Waals surface area contributed by atoms with Crippen LogP contribution < -0.4 is 15.8 Å². The Balaban J connectivity index is 1.66. The number of hydrogen-bond donors (Lipinski definition) is 4. The zero-order valence-electron chi connectivity index (χ0n) is 11.4. The highest BCUT2D eigenvalue weighted by molar-refractivity contribution is 5.97. The molecule has 1 fully saturated rings. The van der Waals surface area contributed by atoms with Gasteiger partial charge in [-0.3, -0.25) is 0 Å². The smallest absolute Gasteiger partial charge is 0.170 e. The Kier molecular flexibility index (Phi) is 4.81. The molecule has 5 N–H and O–H groups in total. The van der Waals surface area contributed by atoms with Crippen molar-refractivity contribution in [2.75, 3.05) is 26.3 Å². The fourth-order valence-corrected chi connectivity index (χ4v) is 1.94. The fourth-order valence-electron chi connectivity index (χ4n) is 1.94. The maximum atomic E-state index is 9.17. The summed E-state index contributed by atoms with van der Waals surface area (Å²) in [5.74, 6) is 0.821. The van der Waals surface area contributed by atoms with Gasteiger partial charge in [0.15, 0.2) is 5.84 Å². The highest BCUT2D eigenvalue weighted by atomic mass is 16.5. The summed E-state index contributed by atoms with van der Waals surface area (Å²) >= 11 is 0. The minimum Gasteiger partial charge on any atom is -0.492 e. The Morgan fingerprint density at radius 3 is 2.60 bits per heavy atom. The zero-order valence-corrected chi connectivity index (χ0v) is 11.4. The topological polar surface area (TPSA) is 100 Å². The third kappa shape index (κ3) is 3.85. The largest absolute Gasteiger partial charge is 0.492 e. The SMILES string of the molecule is N/C(=N/O)c1ccc(OCCNCC2(CO)CC2)cc1. The van der Waals surface area contributed by atoms with Gasteiger partial charge in [-0.1, -0.05) is 5.16 Å². The van der Waals surface area contributed by atoms with E-state index >= 15 is 0 Å². The molecule has 0 aromatic heterocycles. The first-order valence-electron chi connectivity index (χ1n) is 6.71. The molecule has 0 spiro atoms. The molecule has 1 aromatic carbocycles. The highest BCUT2D eigenvalue weighted by Gasteiger charge is 2.41. The number of rotatable bonds is 8. The summed E-state index contributed by atoms with van der Waals surface area (Å²) in [6.07, 6.45) is 2.21. The van der Waals surface area contributed by atoms with Crippen molar-refractivity contribution in [1.82, 2.24) is 5.32 Å². The number of ether oxygens (including phenoxy) is 1. The summed E-state index contributed by atoms with van der Waals surface area (Å²) in [5.41, 5.74) is 6.25. The van der Waals surface area contributed by atoms with Crippen LogP contribution in [0.2, 0.25) is 0 Å². The van der Waals surface area contributed by atoms with Crippen LogP contribution in [0.3, 0.4) is 0 Å². The van der Waals surface area contributed by atoms with Gasteiger partial charge in [-0.05, 0) is 37.1 Å². The zero-order chi connectivity index (χ0) is 14.4. The van der Waals surface area contributed by atoms with Crippen LogP contribution in [0.5, 0.6) is 5.75 Å². The fraction of sp³-hybridized carbons (Fsp3) is 0.500. The first kappa shape index (κ1) is 14.6. The Bertz CT molecular complexity index is 455. The Labute approximate surface area is 118 Å². The van der Waals surface area contributed by atoms with Gasteiger partial charge in [0.05, 0.1) is 0 Å². The number of nitrogens with one attached hydrogen (secondary N) is 1. The van der Waals surface area contributed by atoms with Gasteiger partial charge in [0.2, 0.25) is 0 Å². The number of benzene rings is 1. The lowest BCUT2D eigenvalue weighted by Crippen LogP contribution is -2.29. The first-order chi connectivity index (χ1) is 9.69. The summed E-state index contributed by atoms with van der Waals surface area (Å²) in [4.78, 5) is 0. The first-order valence-corrected chi connectivity index (χ1v) is 6.71. The van der Waals surface area contributed by atoms with Crippen molar-refractivity contribution in [3.05, 3.63) is 29.8 Å². The molecule has 6 nitrogen and oxygen atoms in total. The van der Waals surface area contributed by atoms with Crippen LogP contribution in [0.4, 0.5) is 0 Å². The lowest BCUT2D eigenvalue weighted by atomic mass is 10.1.